The van der Waals surface area contributed by atoms with Crippen molar-refractivity contribution < 1.29 is 8.42 Å². The number of allylic oxidation sites excluding steroid dienone is 1. The van der Waals surface area contributed by atoms with Crippen LogP contribution in [0.25, 0.3) is 6.08 Å². The maximum Gasteiger partial charge on any atom is 0.216 e. The second kappa shape index (κ2) is 6.31. The molecule has 21 heavy (non-hydrogen) atoms. The minimum absolute atomic E-state index is 0.0582. The summed E-state index contributed by atoms with van der Waals surface area (Å²) in [5.41, 5.74) is 0.414. The van der Waals surface area contributed by atoms with Crippen molar-refractivity contribution in [3.05, 3.63) is 69.0 Å². The molecule has 0 N–H and O–H groups in total. The molecule has 2 rings (SSSR count). The van der Waals surface area contributed by atoms with E-state index >= 15 is 0 Å². The van der Waals surface area contributed by atoms with Gasteiger partial charge in [-0.25, -0.2) is 8.42 Å². The zero-order chi connectivity index (χ0) is 15.5. The molecule has 0 fully saturated rings. The first kappa shape index (κ1) is 15.6. The number of hydrogen-bond donors (Lipinski definition) is 0. The van der Waals surface area contributed by atoms with Gasteiger partial charge < -0.3 is 0 Å². The van der Waals surface area contributed by atoms with Gasteiger partial charge in [-0.2, -0.15) is 5.26 Å². The van der Waals surface area contributed by atoms with Crippen LogP contribution in [-0.4, -0.2) is 8.42 Å². The monoisotopic (exact) mass is 337 g/mol. The first-order chi connectivity index (χ1) is 9.95. The lowest BCUT2D eigenvalue weighted by molar-refractivity contribution is 0.603. The average Bonchev–Trinajstić information content (AvgIpc) is 2.47. The fourth-order valence-corrected chi connectivity index (χ4v) is 3.29. The van der Waals surface area contributed by atoms with Crippen LogP contribution in [0.4, 0.5) is 0 Å². The van der Waals surface area contributed by atoms with Crippen molar-refractivity contribution in [2.75, 3.05) is 0 Å². The lowest BCUT2D eigenvalue weighted by atomic mass is 10.2. The molecular weight excluding hydrogens is 329 g/mol. The Morgan fingerprint density at radius 3 is 2.33 bits per heavy atom. The van der Waals surface area contributed by atoms with Crippen molar-refractivity contribution >= 4 is 39.1 Å². The zero-order valence-electron chi connectivity index (χ0n) is 10.6. The number of halogens is 2. The van der Waals surface area contributed by atoms with E-state index in [0.717, 1.165) is 0 Å². The van der Waals surface area contributed by atoms with E-state index < -0.39 is 9.84 Å². The van der Waals surface area contributed by atoms with E-state index in [1.54, 1.807) is 36.4 Å². The van der Waals surface area contributed by atoms with E-state index in [9.17, 15) is 8.42 Å². The Morgan fingerprint density at radius 1 is 1.10 bits per heavy atom. The van der Waals surface area contributed by atoms with Crippen LogP contribution in [-0.2, 0) is 9.84 Å². The summed E-state index contributed by atoms with van der Waals surface area (Å²) >= 11 is 11.8. The fraction of sp³-hybridized carbons (Fsp3) is 0. The Kier molecular flexibility index (Phi) is 4.69. The topological polar surface area (TPSA) is 57.9 Å². The summed E-state index contributed by atoms with van der Waals surface area (Å²) in [4.78, 5) is -0.319. The Bertz CT molecular complexity index is 838. The van der Waals surface area contributed by atoms with Gasteiger partial charge in [-0.1, -0.05) is 47.5 Å². The predicted molar refractivity (Wildman–Crippen MR) is 83.7 cm³/mol. The largest absolute Gasteiger partial charge is 0.218 e. The molecule has 0 aliphatic carbocycles. The fourth-order valence-electron chi connectivity index (χ4n) is 1.66. The van der Waals surface area contributed by atoms with Gasteiger partial charge in [-0.05, 0) is 35.9 Å². The van der Waals surface area contributed by atoms with Gasteiger partial charge in [0.05, 0.1) is 4.90 Å². The SMILES string of the molecule is N#C/C(=C\c1ccc(Cl)cc1Cl)S(=O)(=O)c1ccccc1. The van der Waals surface area contributed by atoms with Gasteiger partial charge in [0, 0.05) is 10.0 Å². The maximum absolute atomic E-state index is 12.4. The number of rotatable bonds is 3. The van der Waals surface area contributed by atoms with Crippen LogP contribution in [0.1, 0.15) is 5.56 Å². The highest BCUT2D eigenvalue weighted by Gasteiger charge is 2.20. The van der Waals surface area contributed by atoms with Gasteiger partial charge in [0.25, 0.3) is 0 Å². The summed E-state index contributed by atoms with van der Waals surface area (Å²) < 4.78 is 24.8. The third-order valence-electron chi connectivity index (χ3n) is 2.70. The summed E-state index contributed by atoms with van der Waals surface area (Å²) in [6.45, 7) is 0. The van der Waals surface area contributed by atoms with Crippen molar-refractivity contribution in [2.24, 2.45) is 0 Å². The molecule has 0 heterocycles. The highest BCUT2D eigenvalue weighted by molar-refractivity contribution is 7.95. The van der Waals surface area contributed by atoms with Gasteiger partial charge >= 0.3 is 0 Å². The van der Waals surface area contributed by atoms with Crippen molar-refractivity contribution in [1.82, 2.24) is 0 Å². The van der Waals surface area contributed by atoms with E-state index in [0.29, 0.717) is 10.6 Å². The molecule has 0 bridgehead atoms. The summed E-state index contributed by atoms with van der Waals surface area (Å²) in [5, 5.41) is 9.87. The molecule has 0 unspecified atom stereocenters. The zero-order valence-corrected chi connectivity index (χ0v) is 13.0. The standard InChI is InChI=1S/C15H9Cl2NO2S/c16-12-7-6-11(15(17)9-12)8-14(10-18)21(19,20)13-4-2-1-3-5-13/h1-9H/b14-8+. The third kappa shape index (κ3) is 3.45. The smallest absolute Gasteiger partial charge is 0.216 e. The number of hydrogen-bond acceptors (Lipinski definition) is 3. The number of sulfone groups is 1. The highest BCUT2D eigenvalue weighted by atomic mass is 35.5. The van der Waals surface area contributed by atoms with Crippen LogP contribution in [0.2, 0.25) is 10.0 Å². The minimum atomic E-state index is -3.87. The summed E-state index contributed by atoms with van der Waals surface area (Å²) in [6, 6.07) is 14.1. The molecule has 2 aromatic carbocycles. The van der Waals surface area contributed by atoms with Gasteiger partial charge in [-0.15, -0.1) is 0 Å². The van der Waals surface area contributed by atoms with E-state index in [1.807, 2.05) is 0 Å². The Balaban J connectivity index is 2.54. The van der Waals surface area contributed by atoms with Crippen LogP contribution in [0, 0.1) is 11.3 Å². The van der Waals surface area contributed by atoms with E-state index in [1.165, 1.54) is 24.3 Å². The molecule has 3 nitrogen and oxygen atoms in total. The molecule has 0 radical (unpaired) electrons. The van der Waals surface area contributed by atoms with Crippen LogP contribution in [0.3, 0.4) is 0 Å². The first-order valence-electron chi connectivity index (χ1n) is 5.82. The Labute approximate surface area is 133 Å². The predicted octanol–water partition coefficient (Wildman–Crippen LogP) is 4.33. The summed E-state index contributed by atoms with van der Waals surface area (Å²) in [7, 11) is -3.87. The lowest BCUT2D eigenvalue weighted by Gasteiger charge is -2.04. The number of nitrogens with zero attached hydrogens (tertiary/aromatic N) is 1. The molecule has 0 atom stereocenters. The van der Waals surface area contributed by atoms with Gasteiger partial charge in [-0.3, -0.25) is 0 Å². The van der Waals surface area contributed by atoms with E-state index in [-0.39, 0.29) is 14.8 Å². The molecule has 0 aliphatic rings. The first-order valence-corrected chi connectivity index (χ1v) is 8.06. The molecule has 6 heteroatoms. The molecule has 0 saturated carbocycles. The van der Waals surface area contributed by atoms with Gasteiger partial charge in [0.15, 0.2) is 0 Å². The van der Waals surface area contributed by atoms with Crippen LogP contribution in [0.5, 0.6) is 0 Å². The highest BCUT2D eigenvalue weighted by Crippen LogP contribution is 2.26. The lowest BCUT2D eigenvalue weighted by Crippen LogP contribution is -2.03. The second-order valence-electron chi connectivity index (χ2n) is 4.10. The van der Waals surface area contributed by atoms with Crippen LogP contribution < -0.4 is 0 Å². The molecule has 0 aromatic heterocycles. The quantitative estimate of drug-likeness (QED) is 0.783. The average molecular weight is 338 g/mol. The van der Waals surface area contributed by atoms with Crippen molar-refractivity contribution in [1.29, 1.82) is 5.26 Å². The number of nitriles is 1. The Morgan fingerprint density at radius 2 is 1.76 bits per heavy atom. The molecule has 0 spiro atoms. The van der Waals surface area contributed by atoms with Crippen molar-refractivity contribution in [2.45, 2.75) is 4.90 Å². The normalized spacial score (nSPS) is 12.0. The molecule has 106 valence electrons. The summed E-state index contributed by atoms with van der Waals surface area (Å²) in [6.07, 6.45) is 1.24. The van der Waals surface area contributed by atoms with Crippen LogP contribution >= 0.6 is 23.2 Å². The molecule has 0 amide bonds. The van der Waals surface area contributed by atoms with E-state index in [2.05, 4.69) is 0 Å². The minimum Gasteiger partial charge on any atom is -0.218 e. The van der Waals surface area contributed by atoms with E-state index in [4.69, 9.17) is 28.5 Å². The molecule has 0 aliphatic heterocycles. The van der Waals surface area contributed by atoms with Gasteiger partial charge in [0.1, 0.15) is 11.0 Å². The molecular formula is C15H9Cl2NO2S. The van der Waals surface area contributed by atoms with Gasteiger partial charge in [0.2, 0.25) is 9.84 Å². The molecule has 2 aromatic rings. The Hall–Kier alpha value is -1.80. The van der Waals surface area contributed by atoms with Crippen LogP contribution in [0.15, 0.2) is 58.3 Å². The third-order valence-corrected chi connectivity index (χ3v) is 4.95. The van der Waals surface area contributed by atoms with Crippen molar-refractivity contribution in [3.8, 4) is 6.07 Å². The number of benzene rings is 2. The van der Waals surface area contributed by atoms with Crippen molar-refractivity contribution in [3.63, 3.8) is 0 Å². The summed E-state index contributed by atoms with van der Waals surface area (Å²) in [5.74, 6) is 0. The second-order valence-corrected chi connectivity index (χ2v) is 6.86. The molecule has 0 saturated heterocycles. The maximum atomic E-state index is 12.4.